The minimum absolute atomic E-state index is 0.118. The molecule has 5 rings (SSSR count). The van der Waals surface area contributed by atoms with Gasteiger partial charge in [-0.25, -0.2) is 0 Å². The Morgan fingerprint density at radius 1 is 0.541 bits per heavy atom. The van der Waals surface area contributed by atoms with E-state index < -0.39 is 0 Å². The molecule has 0 bridgehead atoms. The number of fused-ring (bicyclic) bond motifs is 2. The summed E-state index contributed by atoms with van der Waals surface area (Å²) in [6.45, 7) is 19.0. The molecule has 0 heterocycles. The fourth-order valence-corrected chi connectivity index (χ4v) is 6.90. The third-order valence-corrected chi connectivity index (χ3v) is 10.2. The maximum atomic E-state index is 6.90. The van der Waals surface area contributed by atoms with Gasteiger partial charge < -0.3 is 4.90 Å². The molecule has 2 aliphatic carbocycles. The Morgan fingerprint density at radius 3 is 1.38 bits per heavy atom. The minimum Gasteiger partial charge on any atom is -0.309 e. The standard InChI is InChI=1S/C34H41Cl2N/c1-31(2)16-18-33(5,6)26-20-22(12-14-24(26)31)37(29-11-9-10-28(35)30(29)36)23-13-15-25-27(21-23)34(7,8)19-17-32(25,3)4/h9-15,20-21H,16-19H2,1-8H3. The number of anilines is 3. The maximum Gasteiger partial charge on any atom is 0.0832 e. The van der Waals surface area contributed by atoms with Gasteiger partial charge in [-0.15, -0.1) is 0 Å². The fourth-order valence-electron chi connectivity index (χ4n) is 6.52. The van der Waals surface area contributed by atoms with Gasteiger partial charge in [0.25, 0.3) is 0 Å². The Kier molecular flexibility index (Phi) is 6.32. The predicted octanol–water partition coefficient (Wildman–Crippen LogP) is 11.2. The lowest BCUT2D eigenvalue weighted by Gasteiger charge is -2.43. The van der Waals surface area contributed by atoms with Crippen LogP contribution in [0, 0.1) is 0 Å². The maximum absolute atomic E-state index is 6.90. The molecule has 3 aromatic rings. The lowest BCUT2D eigenvalue weighted by molar-refractivity contribution is 0.332. The molecule has 0 amide bonds. The highest BCUT2D eigenvalue weighted by Gasteiger charge is 2.39. The van der Waals surface area contributed by atoms with E-state index in [-0.39, 0.29) is 21.7 Å². The Balaban J connectivity index is 1.76. The molecule has 3 aromatic carbocycles. The Labute approximate surface area is 234 Å². The summed E-state index contributed by atoms with van der Waals surface area (Å²) in [5.41, 5.74) is 9.52. The minimum atomic E-state index is 0.118. The lowest BCUT2D eigenvalue weighted by Crippen LogP contribution is -2.34. The van der Waals surface area contributed by atoms with Crippen molar-refractivity contribution < 1.29 is 0 Å². The van der Waals surface area contributed by atoms with Crippen molar-refractivity contribution in [2.75, 3.05) is 4.90 Å². The SMILES string of the molecule is CC1(C)CCC(C)(C)c2cc(N(c3ccc4c(c3)C(C)(C)CCC4(C)C)c3cccc(Cl)c3Cl)ccc21. The number of halogens is 2. The van der Waals surface area contributed by atoms with Gasteiger partial charge in [-0.2, -0.15) is 0 Å². The first-order valence-electron chi connectivity index (χ1n) is 13.7. The molecule has 0 spiro atoms. The highest BCUT2D eigenvalue weighted by atomic mass is 35.5. The van der Waals surface area contributed by atoms with Crippen molar-refractivity contribution in [2.45, 2.75) is 103 Å². The second-order valence-electron chi connectivity index (χ2n) is 13.9. The Morgan fingerprint density at radius 2 is 0.946 bits per heavy atom. The lowest BCUT2D eigenvalue weighted by atomic mass is 9.63. The van der Waals surface area contributed by atoms with Crippen molar-refractivity contribution in [1.29, 1.82) is 0 Å². The molecule has 0 N–H and O–H groups in total. The molecule has 3 heteroatoms. The molecule has 2 aliphatic rings. The predicted molar refractivity (Wildman–Crippen MR) is 162 cm³/mol. The van der Waals surface area contributed by atoms with E-state index in [1.54, 1.807) is 0 Å². The molecule has 0 saturated carbocycles. The Bertz CT molecular complexity index is 1280. The van der Waals surface area contributed by atoms with Crippen molar-refractivity contribution in [3.8, 4) is 0 Å². The molecule has 0 radical (unpaired) electrons. The number of nitrogens with zero attached hydrogens (tertiary/aromatic N) is 1. The summed E-state index contributed by atoms with van der Waals surface area (Å²) in [7, 11) is 0. The van der Waals surface area contributed by atoms with Gasteiger partial charge in [-0.1, -0.05) is 96.8 Å². The Hall–Kier alpha value is -1.96. The van der Waals surface area contributed by atoms with Crippen LogP contribution in [0.25, 0.3) is 0 Å². The smallest absolute Gasteiger partial charge is 0.0832 e. The monoisotopic (exact) mass is 533 g/mol. The molecular weight excluding hydrogens is 493 g/mol. The van der Waals surface area contributed by atoms with E-state index in [1.165, 1.54) is 47.9 Å². The quantitative estimate of drug-likeness (QED) is 0.323. The first-order chi connectivity index (χ1) is 17.1. The van der Waals surface area contributed by atoms with Crippen LogP contribution in [0.2, 0.25) is 10.0 Å². The molecule has 0 saturated heterocycles. The molecule has 0 unspecified atom stereocenters. The van der Waals surface area contributed by atoms with Crippen LogP contribution in [-0.4, -0.2) is 0 Å². The summed E-state index contributed by atoms with van der Waals surface area (Å²) in [6, 6.07) is 20.0. The van der Waals surface area contributed by atoms with Crippen molar-refractivity contribution in [3.63, 3.8) is 0 Å². The average molecular weight is 535 g/mol. The summed E-state index contributed by atoms with van der Waals surface area (Å²) < 4.78 is 0. The first kappa shape index (κ1) is 26.6. The van der Waals surface area contributed by atoms with Crippen LogP contribution in [0.1, 0.15) is 103 Å². The fraction of sp³-hybridized carbons (Fsp3) is 0.471. The van der Waals surface area contributed by atoms with E-state index in [4.69, 9.17) is 23.2 Å². The molecule has 0 atom stereocenters. The van der Waals surface area contributed by atoms with Gasteiger partial charge in [0, 0.05) is 11.4 Å². The van der Waals surface area contributed by atoms with Crippen molar-refractivity contribution in [3.05, 3.63) is 86.9 Å². The molecule has 1 nitrogen and oxygen atoms in total. The van der Waals surface area contributed by atoms with Crippen LogP contribution in [0.15, 0.2) is 54.6 Å². The number of rotatable bonds is 3. The average Bonchev–Trinajstić information content (AvgIpc) is 2.83. The third-order valence-electron chi connectivity index (χ3n) is 9.36. The van der Waals surface area contributed by atoms with Crippen molar-refractivity contribution >= 4 is 40.3 Å². The van der Waals surface area contributed by atoms with E-state index in [0.29, 0.717) is 10.0 Å². The molecule has 0 aliphatic heterocycles. The van der Waals surface area contributed by atoms with Crippen LogP contribution >= 0.6 is 23.2 Å². The summed E-state index contributed by atoms with van der Waals surface area (Å²) in [5.74, 6) is 0. The zero-order valence-electron chi connectivity index (χ0n) is 23.7. The second-order valence-corrected chi connectivity index (χ2v) is 14.7. The van der Waals surface area contributed by atoms with Gasteiger partial charge in [0.1, 0.15) is 0 Å². The van der Waals surface area contributed by atoms with Gasteiger partial charge in [0.05, 0.1) is 15.7 Å². The summed E-state index contributed by atoms with van der Waals surface area (Å²) in [4.78, 5) is 2.31. The van der Waals surface area contributed by atoms with E-state index in [0.717, 1.165) is 17.1 Å². The number of benzene rings is 3. The highest BCUT2D eigenvalue weighted by molar-refractivity contribution is 6.43. The number of hydrogen-bond acceptors (Lipinski definition) is 1. The van der Waals surface area contributed by atoms with Crippen LogP contribution in [0.3, 0.4) is 0 Å². The van der Waals surface area contributed by atoms with Gasteiger partial charge in [-0.3, -0.25) is 0 Å². The topological polar surface area (TPSA) is 3.24 Å². The first-order valence-corrected chi connectivity index (χ1v) is 14.4. The normalized spacial score (nSPS) is 20.6. The van der Waals surface area contributed by atoms with Gasteiger partial charge in [0.2, 0.25) is 0 Å². The van der Waals surface area contributed by atoms with Crippen LogP contribution in [0.4, 0.5) is 17.1 Å². The van der Waals surface area contributed by atoms with E-state index in [2.05, 4.69) is 103 Å². The molecular formula is C34H41Cl2N. The van der Waals surface area contributed by atoms with Gasteiger partial charge in [-0.05, 0) is 106 Å². The number of hydrogen-bond donors (Lipinski definition) is 0. The summed E-state index contributed by atoms with van der Waals surface area (Å²) in [5, 5.41) is 1.15. The molecule has 0 aromatic heterocycles. The molecule has 0 fully saturated rings. The largest absolute Gasteiger partial charge is 0.309 e. The highest BCUT2D eigenvalue weighted by Crippen LogP contribution is 2.51. The van der Waals surface area contributed by atoms with E-state index >= 15 is 0 Å². The molecule has 196 valence electrons. The van der Waals surface area contributed by atoms with Crippen LogP contribution in [-0.2, 0) is 21.7 Å². The third kappa shape index (κ3) is 4.51. The van der Waals surface area contributed by atoms with E-state index in [9.17, 15) is 0 Å². The summed E-state index contributed by atoms with van der Waals surface area (Å²) >= 11 is 13.5. The van der Waals surface area contributed by atoms with Crippen LogP contribution < -0.4 is 4.90 Å². The van der Waals surface area contributed by atoms with Crippen molar-refractivity contribution in [1.82, 2.24) is 0 Å². The van der Waals surface area contributed by atoms with Crippen LogP contribution in [0.5, 0.6) is 0 Å². The summed E-state index contributed by atoms with van der Waals surface area (Å²) in [6.07, 6.45) is 4.75. The zero-order chi connectivity index (χ0) is 27.0. The van der Waals surface area contributed by atoms with E-state index in [1.807, 2.05) is 12.1 Å². The molecule has 37 heavy (non-hydrogen) atoms. The second kappa shape index (κ2) is 8.78. The zero-order valence-corrected chi connectivity index (χ0v) is 25.2. The van der Waals surface area contributed by atoms with Gasteiger partial charge in [0.15, 0.2) is 0 Å². The van der Waals surface area contributed by atoms with Crippen molar-refractivity contribution in [2.24, 2.45) is 0 Å². The van der Waals surface area contributed by atoms with Gasteiger partial charge >= 0.3 is 0 Å².